The molecule has 11 heavy (non-hydrogen) atoms. The maximum atomic E-state index is 9.94. The molecule has 0 aliphatic rings. The number of nitrogens with two attached hydrogens (primary N) is 1. The van der Waals surface area contributed by atoms with E-state index in [1.54, 1.807) is 18.2 Å². The van der Waals surface area contributed by atoms with E-state index < -0.39 is 0 Å². The van der Waals surface area contributed by atoms with Gasteiger partial charge in [0.25, 0.3) is 6.47 Å². The van der Waals surface area contributed by atoms with Crippen LogP contribution >= 0.6 is 15.9 Å². The Morgan fingerprint density at radius 3 is 2.91 bits per heavy atom. The molecule has 0 heterocycles. The second-order valence-electron chi connectivity index (χ2n) is 1.87. The SMILES string of the molecule is Nc1c(Br)cccc1OC=O. The quantitative estimate of drug-likeness (QED) is 0.602. The zero-order valence-corrected chi connectivity index (χ0v) is 7.17. The fourth-order valence-electron chi connectivity index (χ4n) is 0.672. The van der Waals surface area contributed by atoms with Gasteiger partial charge < -0.3 is 10.5 Å². The Kier molecular flexibility index (Phi) is 2.48. The first-order valence-electron chi connectivity index (χ1n) is 2.90. The molecule has 58 valence electrons. The highest BCUT2D eigenvalue weighted by molar-refractivity contribution is 9.10. The van der Waals surface area contributed by atoms with Crippen LogP contribution in [-0.2, 0) is 4.79 Å². The number of halogens is 1. The highest BCUT2D eigenvalue weighted by Gasteiger charge is 2.01. The summed E-state index contributed by atoms with van der Waals surface area (Å²) in [5, 5.41) is 0. The maximum Gasteiger partial charge on any atom is 0.298 e. The second-order valence-corrected chi connectivity index (χ2v) is 2.72. The molecule has 0 saturated carbocycles. The van der Waals surface area contributed by atoms with Gasteiger partial charge in [0.05, 0.1) is 5.69 Å². The predicted molar refractivity (Wildman–Crippen MR) is 45.2 cm³/mol. The molecule has 0 atom stereocenters. The minimum absolute atomic E-state index is 0.345. The van der Waals surface area contributed by atoms with Crippen molar-refractivity contribution in [3.8, 4) is 5.75 Å². The molecule has 0 spiro atoms. The van der Waals surface area contributed by atoms with Gasteiger partial charge in [0, 0.05) is 4.47 Å². The van der Waals surface area contributed by atoms with Gasteiger partial charge in [-0.25, -0.2) is 0 Å². The molecule has 0 aliphatic carbocycles. The summed E-state index contributed by atoms with van der Waals surface area (Å²) in [6.45, 7) is 0.345. The van der Waals surface area contributed by atoms with Crippen molar-refractivity contribution in [3.63, 3.8) is 0 Å². The van der Waals surface area contributed by atoms with Gasteiger partial charge in [-0.1, -0.05) is 6.07 Å². The lowest BCUT2D eigenvalue weighted by molar-refractivity contribution is -0.120. The second kappa shape index (κ2) is 3.39. The van der Waals surface area contributed by atoms with Gasteiger partial charge >= 0.3 is 0 Å². The van der Waals surface area contributed by atoms with Gasteiger partial charge in [-0.3, -0.25) is 4.79 Å². The summed E-state index contributed by atoms with van der Waals surface area (Å²) in [7, 11) is 0. The molecule has 1 rings (SSSR count). The number of benzene rings is 1. The standard InChI is InChI=1S/C7H6BrNO2/c8-5-2-1-3-6(7(5)9)11-4-10/h1-4H,9H2. The summed E-state index contributed by atoms with van der Waals surface area (Å²) in [6, 6.07) is 5.13. The van der Waals surface area contributed by atoms with E-state index in [9.17, 15) is 4.79 Å². The molecule has 2 N–H and O–H groups in total. The molecule has 0 unspecified atom stereocenters. The maximum absolute atomic E-state index is 9.94. The third-order valence-electron chi connectivity index (χ3n) is 1.19. The molecule has 0 aliphatic heterocycles. The van der Waals surface area contributed by atoms with Crippen molar-refractivity contribution >= 4 is 28.1 Å². The zero-order chi connectivity index (χ0) is 8.27. The van der Waals surface area contributed by atoms with Crippen LogP contribution in [0.2, 0.25) is 0 Å². The Morgan fingerprint density at radius 2 is 2.27 bits per heavy atom. The van der Waals surface area contributed by atoms with Crippen LogP contribution in [0.15, 0.2) is 22.7 Å². The van der Waals surface area contributed by atoms with Crippen molar-refractivity contribution in [2.45, 2.75) is 0 Å². The Bertz CT molecular complexity index is 275. The molecule has 4 heteroatoms. The van der Waals surface area contributed by atoms with Crippen molar-refractivity contribution in [2.75, 3.05) is 5.73 Å². The third-order valence-corrected chi connectivity index (χ3v) is 1.88. The van der Waals surface area contributed by atoms with Crippen LogP contribution in [0.5, 0.6) is 5.75 Å². The van der Waals surface area contributed by atoms with E-state index in [2.05, 4.69) is 20.7 Å². The van der Waals surface area contributed by atoms with Crippen molar-refractivity contribution in [2.24, 2.45) is 0 Å². The monoisotopic (exact) mass is 215 g/mol. The van der Waals surface area contributed by atoms with E-state index >= 15 is 0 Å². The fourth-order valence-corrected chi connectivity index (χ4v) is 1.02. The molecule has 0 radical (unpaired) electrons. The first-order chi connectivity index (χ1) is 5.25. The van der Waals surface area contributed by atoms with Crippen LogP contribution in [0.3, 0.4) is 0 Å². The highest BCUT2D eigenvalue weighted by atomic mass is 79.9. The van der Waals surface area contributed by atoms with Crippen LogP contribution in [0.1, 0.15) is 0 Å². The number of hydrogen-bond acceptors (Lipinski definition) is 3. The average molecular weight is 216 g/mol. The smallest absolute Gasteiger partial charge is 0.298 e. The van der Waals surface area contributed by atoms with Gasteiger partial charge in [0.2, 0.25) is 0 Å². The summed E-state index contributed by atoms with van der Waals surface area (Å²) >= 11 is 3.20. The number of ether oxygens (including phenoxy) is 1. The normalized spacial score (nSPS) is 9.18. The highest BCUT2D eigenvalue weighted by Crippen LogP contribution is 2.28. The first kappa shape index (κ1) is 8.07. The molecule has 0 saturated heterocycles. The number of carbonyl (C=O) groups excluding carboxylic acids is 1. The molecular formula is C7H6BrNO2. The topological polar surface area (TPSA) is 52.3 Å². The Hall–Kier alpha value is -1.03. The lowest BCUT2D eigenvalue weighted by atomic mass is 10.3. The molecular weight excluding hydrogens is 210 g/mol. The third kappa shape index (κ3) is 1.71. The predicted octanol–water partition coefficient (Wildman–Crippen LogP) is 1.57. The van der Waals surface area contributed by atoms with E-state index in [4.69, 9.17) is 5.73 Å². The first-order valence-corrected chi connectivity index (χ1v) is 3.69. The number of nitrogen functional groups attached to an aromatic ring is 1. The van der Waals surface area contributed by atoms with Crippen LogP contribution < -0.4 is 10.5 Å². The minimum Gasteiger partial charge on any atom is -0.427 e. The van der Waals surface area contributed by atoms with Crippen molar-refractivity contribution in [3.05, 3.63) is 22.7 Å². The molecule has 0 fully saturated rings. The average Bonchev–Trinajstić information content (AvgIpc) is 1.99. The Morgan fingerprint density at radius 1 is 1.55 bits per heavy atom. The number of hydrogen-bond donors (Lipinski definition) is 1. The number of para-hydroxylation sites is 1. The Labute approximate surface area is 72.3 Å². The number of carbonyl (C=O) groups is 1. The summed E-state index contributed by atoms with van der Waals surface area (Å²) in [5.41, 5.74) is 5.97. The van der Waals surface area contributed by atoms with Crippen LogP contribution in [0.25, 0.3) is 0 Å². The Balaban J connectivity index is 3.05. The zero-order valence-electron chi connectivity index (χ0n) is 5.58. The van der Waals surface area contributed by atoms with Crippen LogP contribution in [0.4, 0.5) is 5.69 Å². The summed E-state index contributed by atoms with van der Waals surface area (Å²) < 4.78 is 5.30. The van der Waals surface area contributed by atoms with E-state index in [-0.39, 0.29) is 0 Å². The van der Waals surface area contributed by atoms with E-state index in [1.165, 1.54) is 0 Å². The minimum atomic E-state index is 0.345. The van der Waals surface area contributed by atoms with Crippen LogP contribution in [0, 0.1) is 0 Å². The van der Waals surface area contributed by atoms with Crippen molar-refractivity contribution in [1.29, 1.82) is 0 Å². The summed E-state index contributed by atoms with van der Waals surface area (Å²) in [4.78, 5) is 9.94. The molecule has 3 nitrogen and oxygen atoms in total. The lowest BCUT2D eigenvalue weighted by Crippen LogP contribution is -1.95. The number of rotatable bonds is 2. The summed E-state index contributed by atoms with van der Waals surface area (Å²) in [6.07, 6.45) is 0. The van der Waals surface area contributed by atoms with Crippen LogP contribution in [-0.4, -0.2) is 6.47 Å². The van der Waals surface area contributed by atoms with Crippen molar-refractivity contribution < 1.29 is 9.53 Å². The van der Waals surface area contributed by atoms with E-state index in [1.807, 2.05) is 0 Å². The van der Waals surface area contributed by atoms with Gasteiger partial charge in [-0.2, -0.15) is 0 Å². The lowest BCUT2D eigenvalue weighted by Gasteiger charge is -2.02. The van der Waals surface area contributed by atoms with Crippen molar-refractivity contribution in [1.82, 2.24) is 0 Å². The number of anilines is 1. The summed E-state index contributed by atoms with van der Waals surface area (Å²) in [5.74, 6) is 0.370. The van der Waals surface area contributed by atoms with E-state index in [0.29, 0.717) is 17.9 Å². The molecule has 1 aromatic carbocycles. The molecule has 0 amide bonds. The van der Waals surface area contributed by atoms with Gasteiger partial charge in [0.15, 0.2) is 5.75 Å². The molecule has 0 bridgehead atoms. The largest absolute Gasteiger partial charge is 0.427 e. The van der Waals surface area contributed by atoms with Gasteiger partial charge in [-0.15, -0.1) is 0 Å². The molecule has 0 aromatic heterocycles. The molecule has 1 aromatic rings. The fraction of sp³-hybridized carbons (Fsp3) is 0. The van der Waals surface area contributed by atoms with E-state index in [0.717, 1.165) is 4.47 Å². The van der Waals surface area contributed by atoms with Gasteiger partial charge in [0.1, 0.15) is 0 Å². The van der Waals surface area contributed by atoms with Gasteiger partial charge in [-0.05, 0) is 28.1 Å².